The first kappa shape index (κ1) is 15.1. The molecule has 0 aliphatic rings. The number of hydrogen-bond acceptors (Lipinski definition) is 3. The maximum Gasteiger partial charge on any atom is 0.339 e. The Labute approximate surface area is 126 Å². The van der Waals surface area contributed by atoms with Crippen molar-refractivity contribution in [2.24, 2.45) is 0 Å². The molecule has 4 nitrogen and oxygen atoms in total. The van der Waals surface area contributed by atoms with E-state index in [0.29, 0.717) is 11.1 Å². The summed E-state index contributed by atoms with van der Waals surface area (Å²) >= 11 is 6.09. The molecule has 0 spiro atoms. The van der Waals surface area contributed by atoms with Crippen molar-refractivity contribution in [2.45, 2.75) is 6.92 Å². The van der Waals surface area contributed by atoms with Crippen LogP contribution in [0.2, 0.25) is 5.02 Å². The second kappa shape index (κ2) is 6.41. The van der Waals surface area contributed by atoms with Gasteiger partial charge in [-0.2, -0.15) is 0 Å². The van der Waals surface area contributed by atoms with Crippen molar-refractivity contribution >= 4 is 23.5 Å². The van der Waals surface area contributed by atoms with Crippen LogP contribution in [0.25, 0.3) is 11.1 Å². The quantitative estimate of drug-likeness (QED) is 0.871. The molecule has 2 aromatic carbocycles. The lowest BCUT2D eigenvalue weighted by Gasteiger charge is -2.09. The lowest BCUT2D eigenvalue weighted by molar-refractivity contribution is 0.0526. The molecule has 0 fully saturated rings. The van der Waals surface area contributed by atoms with Crippen molar-refractivity contribution < 1.29 is 19.4 Å². The summed E-state index contributed by atoms with van der Waals surface area (Å²) in [5.74, 6) is -1.52. The molecule has 0 unspecified atom stereocenters. The molecule has 0 heterocycles. The van der Waals surface area contributed by atoms with E-state index in [1.165, 1.54) is 12.1 Å². The van der Waals surface area contributed by atoms with Gasteiger partial charge < -0.3 is 9.84 Å². The number of esters is 1. The third kappa shape index (κ3) is 3.23. The first-order valence-corrected chi connectivity index (χ1v) is 6.71. The molecular weight excluding hydrogens is 292 g/mol. The number of aromatic carboxylic acids is 1. The van der Waals surface area contributed by atoms with Crippen LogP contribution in [-0.2, 0) is 4.74 Å². The van der Waals surface area contributed by atoms with E-state index in [4.69, 9.17) is 16.3 Å². The monoisotopic (exact) mass is 304 g/mol. The van der Waals surface area contributed by atoms with Crippen LogP contribution in [0.4, 0.5) is 0 Å². The summed E-state index contributed by atoms with van der Waals surface area (Å²) in [5.41, 5.74) is 1.61. The zero-order valence-corrected chi connectivity index (χ0v) is 12.1. The standard InChI is InChI=1S/C16H13ClO4/c1-2-21-16(20)13-8-7-10(9-14(13)17)11-5-3-4-6-12(11)15(18)19/h3-9H,2H2,1H3,(H,18,19). The van der Waals surface area contributed by atoms with Gasteiger partial charge in [0.15, 0.2) is 0 Å². The Morgan fingerprint density at radius 1 is 1.14 bits per heavy atom. The minimum absolute atomic E-state index is 0.178. The van der Waals surface area contributed by atoms with E-state index in [1.54, 1.807) is 37.3 Å². The Balaban J connectivity index is 2.46. The summed E-state index contributed by atoms with van der Waals surface area (Å²) < 4.78 is 4.90. The number of hydrogen-bond donors (Lipinski definition) is 1. The summed E-state index contributed by atoms with van der Waals surface area (Å²) in [7, 11) is 0. The van der Waals surface area contributed by atoms with Crippen molar-refractivity contribution in [3.63, 3.8) is 0 Å². The molecule has 0 atom stereocenters. The zero-order valence-electron chi connectivity index (χ0n) is 11.3. The van der Waals surface area contributed by atoms with Gasteiger partial charge in [-0.1, -0.05) is 35.9 Å². The van der Waals surface area contributed by atoms with Gasteiger partial charge in [0.25, 0.3) is 0 Å². The number of carboxylic acid groups (broad SMARTS) is 1. The Morgan fingerprint density at radius 3 is 2.48 bits per heavy atom. The highest BCUT2D eigenvalue weighted by molar-refractivity contribution is 6.33. The molecule has 5 heteroatoms. The highest BCUT2D eigenvalue weighted by Gasteiger charge is 2.15. The first-order valence-electron chi connectivity index (χ1n) is 6.34. The van der Waals surface area contributed by atoms with E-state index in [-0.39, 0.29) is 22.8 Å². The van der Waals surface area contributed by atoms with Gasteiger partial charge in [0.05, 0.1) is 22.8 Å². The van der Waals surface area contributed by atoms with Crippen LogP contribution in [-0.4, -0.2) is 23.7 Å². The predicted molar refractivity (Wildman–Crippen MR) is 79.8 cm³/mol. The van der Waals surface area contributed by atoms with Crippen molar-refractivity contribution in [3.05, 3.63) is 58.6 Å². The topological polar surface area (TPSA) is 63.6 Å². The largest absolute Gasteiger partial charge is 0.478 e. The van der Waals surface area contributed by atoms with Crippen LogP contribution in [0.3, 0.4) is 0 Å². The van der Waals surface area contributed by atoms with Crippen LogP contribution < -0.4 is 0 Å². The summed E-state index contributed by atoms with van der Waals surface area (Å²) in [4.78, 5) is 22.9. The number of rotatable bonds is 4. The second-order valence-corrected chi connectivity index (χ2v) is 4.67. The molecule has 108 valence electrons. The van der Waals surface area contributed by atoms with E-state index in [1.807, 2.05) is 0 Å². The average Bonchev–Trinajstić information content (AvgIpc) is 2.47. The van der Waals surface area contributed by atoms with Gasteiger partial charge in [0.1, 0.15) is 0 Å². The second-order valence-electron chi connectivity index (χ2n) is 4.27. The van der Waals surface area contributed by atoms with Gasteiger partial charge in [0, 0.05) is 0 Å². The SMILES string of the molecule is CCOC(=O)c1ccc(-c2ccccc2C(=O)O)cc1Cl. The molecule has 0 aromatic heterocycles. The van der Waals surface area contributed by atoms with Gasteiger partial charge in [0.2, 0.25) is 0 Å². The van der Waals surface area contributed by atoms with Gasteiger partial charge in [-0.15, -0.1) is 0 Å². The number of carboxylic acids is 1. The van der Waals surface area contributed by atoms with Crippen molar-refractivity contribution in [3.8, 4) is 11.1 Å². The number of ether oxygens (including phenoxy) is 1. The smallest absolute Gasteiger partial charge is 0.339 e. The molecule has 0 saturated heterocycles. The van der Waals surface area contributed by atoms with E-state index >= 15 is 0 Å². The van der Waals surface area contributed by atoms with Crippen molar-refractivity contribution in [2.75, 3.05) is 6.61 Å². The molecule has 0 radical (unpaired) electrons. The highest BCUT2D eigenvalue weighted by Crippen LogP contribution is 2.28. The van der Waals surface area contributed by atoms with Crippen LogP contribution in [0.5, 0.6) is 0 Å². The van der Waals surface area contributed by atoms with Crippen molar-refractivity contribution in [1.29, 1.82) is 0 Å². The maximum absolute atomic E-state index is 11.7. The summed E-state index contributed by atoms with van der Waals surface area (Å²) in [6.07, 6.45) is 0. The summed E-state index contributed by atoms with van der Waals surface area (Å²) in [5, 5.41) is 9.43. The number of benzene rings is 2. The normalized spacial score (nSPS) is 10.2. The Hall–Kier alpha value is -2.33. The highest BCUT2D eigenvalue weighted by atomic mass is 35.5. The fourth-order valence-electron chi connectivity index (χ4n) is 1.98. The van der Waals surface area contributed by atoms with E-state index in [0.717, 1.165) is 0 Å². The molecule has 0 aliphatic heterocycles. The van der Waals surface area contributed by atoms with E-state index in [9.17, 15) is 14.7 Å². The van der Waals surface area contributed by atoms with Crippen LogP contribution in [0.1, 0.15) is 27.6 Å². The summed E-state index contributed by atoms with van der Waals surface area (Å²) in [6.45, 7) is 1.97. The average molecular weight is 305 g/mol. The Kier molecular flexibility index (Phi) is 4.60. The molecule has 21 heavy (non-hydrogen) atoms. The maximum atomic E-state index is 11.7. The lowest BCUT2D eigenvalue weighted by Crippen LogP contribution is -2.05. The van der Waals surface area contributed by atoms with E-state index < -0.39 is 11.9 Å². The fraction of sp³-hybridized carbons (Fsp3) is 0.125. The Bertz CT molecular complexity index is 694. The number of carbonyl (C=O) groups is 2. The number of halogens is 1. The van der Waals surface area contributed by atoms with Crippen LogP contribution in [0, 0.1) is 0 Å². The molecule has 0 saturated carbocycles. The van der Waals surface area contributed by atoms with Gasteiger partial charge in [-0.3, -0.25) is 0 Å². The van der Waals surface area contributed by atoms with Crippen LogP contribution >= 0.6 is 11.6 Å². The molecule has 0 aliphatic carbocycles. The lowest BCUT2D eigenvalue weighted by atomic mass is 9.98. The number of carbonyl (C=O) groups excluding carboxylic acids is 1. The minimum Gasteiger partial charge on any atom is -0.478 e. The van der Waals surface area contributed by atoms with E-state index in [2.05, 4.69) is 0 Å². The summed E-state index contributed by atoms with van der Waals surface area (Å²) in [6, 6.07) is 11.4. The molecule has 1 N–H and O–H groups in total. The molecule has 0 bridgehead atoms. The molecule has 2 aromatic rings. The molecular formula is C16H13ClO4. The molecule has 0 amide bonds. The van der Waals surface area contributed by atoms with Gasteiger partial charge in [-0.05, 0) is 36.2 Å². The van der Waals surface area contributed by atoms with Crippen molar-refractivity contribution in [1.82, 2.24) is 0 Å². The third-order valence-corrected chi connectivity index (χ3v) is 3.25. The van der Waals surface area contributed by atoms with Crippen LogP contribution in [0.15, 0.2) is 42.5 Å². The minimum atomic E-state index is -1.02. The first-order chi connectivity index (χ1) is 10.0. The zero-order chi connectivity index (χ0) is 15.4. The molecule has 2 rings (SSSR count). The predicted octanol–water partition coefficient (Wildman–Crippen LogP) is 3.88. The van der Waals surface area contributed by atoms with Gasteiger partial charge >= 0.3 is 11.9 Å². The Morgan fingerprint density at radius 2 is 1.86 bits per heavy atom. The third-order valence-electron chi connectivity index (χ3n) is 2.93. The fourth-order valence-corrected chi connectivity index (χ4v) is 2.24. The van der Waals surface area contributed by atoms with Gasteiger partial charge in [-0.25, -0.2) is 9.59 Å².